The number of amides is 1. The second kappa shape index (κ2) is 7.95. The number of nitrogens with one attached hydrogen (secondary N) is 1. The molecule has 0 atom stereocenters. The molecule has 0 bridgehead atoms. The van der Waals surface area contributed by atoms with E-state index in [0.29, 0.717) is 16.3 Å². The highest BCUT2D eigenvalue weighted by Crippen LogP contribution is 2.15. The summed E-state index contributed by atoms with van der Waals surface area (Å²) in [5.41, 5.74) is 2.75. The molecule has 0 heterocycles. The molecule has 0 spiro atoms. The van der Waals surface area contributed by atoms with E-state index in [9.17, 15) is 9.59 Å². The third kappa shape index (κ3) is 5.12. The minimum absolute atomic E-state index is 0.0999. The molecule has 0 aromatic heterocycles. The normalized spacial score (nSPS) is 10.5. The third-order valence-electron chi connectivity index (χ3n) is 2.77. The summed E-state index contributed by atoms with van der Waals surface area (Å²) in [6.07, 6.45) is 1.27. The van der Waals surface area contributed by atoms with Gasteiger partial charge < -0.3 is 9.84 Å². The number of aromatic carboxylic acids is 1. The summed E-state index contributed by atoms with van der Waals surface area (Å²) in [6, 6.07) is 12.9. The van der Waals surface area contributed by atoms with Crippen LogP contribution in [-0.4, -0.2) is 29.8 Å². The Kier molecular flexibility index (Phi) is 5.71. The maximum absolute atomic E-state index is 11.6. The van der Waals surface area contributed by atoms with Crippen LogP contribution in [0.5, 0.6) is 5.75 Å². The predicted octanol–water partition coefficient (Wildman–Crippen LogP) is 2.57. The first-order valence-electron chi connectivity index (χ1n) is 6.59. The van der Waals surface area contributed by atoms with E-state index in [0.717, 1.165) is 0 Å². The van der Waals surface area contributed by atoms with Gasteiger partial charge in [-0.3, -0.25) is 4.79 Å². The fraction of sp³-hybridized carbons (Fsp3) is 0.0625. The average molecular weight is 333 g/mol. The fourth-order valence-electron chi connectivity index (χ4n) is 1.69. The van der Waals surface area contributed by atoms with Gasteiger partial charge in [0.05, 0.1) is 11.8 Å². The van der Waals surface area contributed by atoms with Crippen molar-refractivity contribution in [2.45, 2.75) is 0 Å². The van der Waals surface area contributed by atoms with Crippen LogP contribution >= 0.6 is 11.6 Å². The van der Waals surface area contributed by atoms with E-state index in [1.165, 1.54) is 12.3 Å². The van der Waals surface area contributed by atoms with E-state index in [-0.39, 0.29) is 12.2 Å². The molecule has 0 aliphatic carbocycles. The molecular formula is C16H13ClN2O4. The van der Waals surface area contributed by atoms with Gasteiger partial charge in [0.2, 0.25) is 0 Å². The number of carboxylic acids is 1. The van der Waals surface area contributed by atoms with Crippen molar-refractivity contribution in [1.29, 1.82) is 0 Å². The van der Waals surface area contributed by atoms with Crippen molar-refractivity contribution in [3.05, 3.63) is 64.7 Å². The van der Waals surface area contributed by atoms with Crippen LogP contribution in [0.2, 0.25) is 5.02 Å². The molecule has 2 N–H and O–H groups in total. The van der Waals surface area contributed by atoms with E-state index in [1.807, 2.05) is 0 Å². The molecule has 0 radical (unpaired) electrons. The summed E-state index contributed by atoms with van der Waals surface area (Å²) in [6.45, 7) is -0.223. The van der Waals surface area contributed by atoms with Crippen molar-refractivity contribution in [3.63, 3.8) is 0 Å². The number of hydrogen-bond donors (Lipinski definition) is 2. The lowest BCUT2D eigenvalue weighted by molar-refractivity contribution is -0.123. The van der Waals surface area contributed by atoms with Gasteiger partial charge in [-0.1, -0.05) is 29.8 Å². The number of nitrogens with zero attached hydrogens (tertiary/aromatic N) is 1. The standard InChI is InChI=1S/C16H13ClN2O4/c17-12-5-7-13(8-6-12)23-10-15(20)19-18-9-11-3-1-2-4-14(11)16(21)22/h1-9H,10H2,(H,19,20)(H,21,22)/b18-9+. The van der Waals surface area contributed by atoms with Gasteiger partial charge in [0.15, 0.2) is 6.61 Å². The minimum Gasteiger partial charge on any atom is -0.484 e. The summed E-state index contributed by atoms with van der Waals surface area (Å²) in [7, 11) is 0. The van der Waals surface area contributed by atoms with Crippen LogP contribution in [0.25, 0.3) is 0 Å². The zero-order chi connectivity index (χ0) is 16.7. The first-order valence-corrected chi connectivity index (χ1v) is 6.96. The topological polar surface area (TPSA) is 88.0 Å². The molecule has 0 fully saturated rings. The number of carbonyl (C=O) groups excluding carboxylic acids is 1. The molecule has 0 saturated carbocycles. The van der Waals surface area contributed by atoms with Crippen molar-refractivity contribution in [2.75, 3.05) is 6.61 Å². The molecule has 0 aliphatic rings. The van der Waals surface area contributed by atoms with Gasteiger partial charge in [0.25, 0.3) is 5.91 Å². The van der Waals surface area contributed by atoms with Gasteiger partial charge in [-0.15, -0.1) is 0 Å². The number of hydrogen-bond acceptors (Lipinski definition) is 4. The van der Waals surface area contributed by atoms with Crippen LogP contribution in [-0.2, 0) is 4.79 Å². The van der Waals surface area contributed by atoms with Crippen LogP contribution in [0.15, 0.2) is 53.6 Å². The summed E-state index contributed by atoms with van der Waals surface area (Å²) >= 11 is 5.74. The van der Waals surface area contributed by atoms with Gasteiger partial charge in [-0.05, 0) is 30.3 Å². The fourth-order valence-corrected chi connectivity index (χ4v) is 1.82. The molecule has 118 valence electrons. The van der Waals surface area contributed by atoms with Gasteiger partial charge in [0, 0.05) is 10.6 Å². The Morgan fingerprint density at radius 2 is 1.87 bits per heavy atom. The smallest absolute Gasteiger partial charge is 0.336 e. The lowest BCUT2D eigenvalue weighted by Crippen LogP contribution is -2.24. The molecule has 2 aromatic rings. The van der Waals surface area contributed by atoms with Gasteiger partial charge in [-0.2, -0.15) is 5.10 Å². The van der Waals surface area contributed by atoms with E-state index in [4.69, 9.17) is 21.4 Å². The van der Waals surface area contributed by atoms with Gasteiger partial charge >= 0.3 is 5.97 Å². The lowest BCUT2D eigenvalue weighted by Gasteiger charge is -2.05. The Bertz CT molecular complexity index is 729. The maximum atomic E-state index is 11.6. The van der Waals surface area contributed by atoms with E-state index in [2.05, 4.69) is 10.5 Å². The highest BCUT2D eigenvalue weighted by Gasteiger charge is 2.07. The molecule has 0 unspecified atom stereocenters. The number of carbonyl (C=O) groups is 2. The molecule has 0 aliphatic heterocycles. The summed E-state index contributed by atoms with van der Waals surface area (Å²) < 4.78 is 5.25. The molecule has 1 amide bonds. The van der Waals surface area contributed by atoms with Crippen LogP contribution in [0.4, 0.5) is 0 Å². The molecule has 2 rings (SSSR count). The van der Waals surface area contributed by atoms with Crippen LogP contribution in [0.1, 0.15) is 15.9 Å². The summed E-state index contributed by atoms with van der Waals surface area (Å²) in [4.78, 5) is 22.6. The maximum Gasteiger partial charge on any atom is 0.336 e. The number of rotatable bonds is 6. The monoisotopic (exact) mass is 332 g/mol. The molecule has 0 saturated heterocycles. The minimum atomic E-state index is -1.07. The van der Waals surface area contributed by atoms with E-state index in [1.54, 1.807) is 42.5 Å². The molecule has 7 heteroatoms. The SMILES string of the molecule is O=C(COc1ccc(Cl)cc1)N/N=C/c1ccccc1C(=O)O. The van der Waals surface area contributed by atoms with E-state index < -0.39 is 11.9 Å². The van der Waals surface area contributed by atoms with Crippen molar-refractivity contribution < 1.29 is 19.4 Å². The van der Waals surface area contributed by atoms with Gasteiger partial charge in [0.1, 0.15) is 5.75 Å². The molecular weight excluding hydrogens is 320 g/mol. The zero-order valence-electron chi connectivity index (χ0n) is 11.9. The first kappa shape index (κ1) is 16.5. The van der Waals surface area contributed by atoms with Crippen LogP contribution in [0.3, 0.4) is 0 Å². The second-order valence-electron chi connectivity index (χ2n) is 4.43. The van der Waals surface area contributed by atoms with Crippen molar-refractivity contribution in [3.8, 4) is 5.75 Å². The Morgan fingerprint density at radius 1 is 1.17 bits per heavy atom. The summed E-state index contributed by atoms with van der Waals surface area (Å²) in [5.74, 6) is -1.03. The van der Waals surface area contributed by atoms with Gasteiger partial charge in [-0.25, -0.2) is 10.2 Å². The Labute approximate surface area is 137 Å². The van der Waals surface area contributed by atoms with Crippen LogP contribution < -0.4 is 10.2 Å². The Hall–Kier alpha value is -2.86. The first-order chi connectivity index (χ1) is 11.1. The average Bonchev–Trinajstić information content (AvgIpc) is 2.54. The van der Waals surface area contributed by atoms with Crippen molar-refractivity contribution >= 4 is 29.7 Å². The third-order valence-corrected chi connectivity index (χ3v) is 3.02. The highest BCUT2D eigenvalue weighted by molar-refractivity contribution is 6.30. The molecule has 2 aromatic carbocycles. The Balaban J connectivity index is 1.87. The molecule has 6 nitrogen and oxygen atoms in total. The summed E-state index contributed by atoms with van der Waals surface area (Å²) in [5, 5.41) is 13.3. The quantitative estimate of drug-likeness (QED) is 0.628. The van der Waals surface area contributed by atoms with Crippen molar-refractivity contribution in [1.82, 2.24) is 5.43 Å². The number of benzene rings is 2. The van der Waals surface area contributed by atoms with Crippen molar-refractivity contribution in [2.24, 2.45) is 5.10 Å². The predicted molar refractivity (Wildman–Crippen MR) is 86.1 cm³/mol. The number of hydrazone groups is 1. The number of halogens is 1. The second-order valence-corrected chi connectivity index (χ2v) is 4.86. The largest absolute Gasteiger partial charge is 0.484 e. The number of carboxylic acid groups (broad SMARTS) is 1. The van der Waals surface area contributed by atoms with Crippen LogP contribution in [0, 0.1) is 0 Å². The number of ether oxygens (including phenoxy) is 1. The highest BCUT2D eigenvalue weighted by atomic mass is 35.5. The lowest BCUT2D eigenvalue weighted by atomic mass is 10.1. The zero-order valence-corrected chi connectivity index (χ0v) is 12.7. The Morgan fingerprint density at radius 3 is 2.57 bits per heavy atom. The molecule has 23 heavy (non-hydrogen) atoms. The van der Waals surface area contributed by atoms with E-state index >= 15 is 0 Å².